The van der Waals surface area contributed by atoms with Crippen molar-refractivity contribution >= 4 is 17.3 Å². The first-order valence-electron chi connectivity index (χ1n) is 7.56. The van der Waals surface area contributed by atoms with Gasteiger partial charge >= 0.3 is 0 Å². The van der Waals surface area contributed by atoms with Gasteiger partial charge in [-0.05, 0) is 31.0 Å². The number of hydrogen-bond acceptors (Lipinski definition) is 3. The molecule has 0 spiro atoms. The second kappa shape index (κ2) is 10.2. The number of amides is 1. The van der Waals surface area contributed by atoms with Crippen molar-refractivity contribution in [2.45, 2.75) is 45.4 Å². The molecular formula is C16H25FN2O2. The van der Waals surface area contributed by atoms with Crippen LogP contribution in [0, 0.1) is 5.82 Å². The van der Waals surface area contributed by atoms with E-state index in [1.165, 1.54) is 37.5 Å². The van der Waals surface area contributed by atoms with Gasteiger partial charge in [0.15, 0.2) is 0 Å². The molecule has 118 valence electrons. The molecular weight excluding hydrogens is 271 g/mol. The van der Waals surface area contributed by atoms with Crippen molar-refractivity contribution in [3.8, 4) is 0 Å². The first kappa shape index (κ1) is 17.4. The van der Waals surface area contributed by atoms with Crippen LogP contribution in [0.3, 0.4) is 0 Å². The highest BCUT2D eigenvalue weighted by atomic mass is 19.1. The molecule has 0 bridgehead atoms. The Morgan fingerprint density at radius 3 is 2.71 bits per heavy atom. The predicted octanol–water partition coefficient (Wildman–Crippen LogP) is 3.72. The summed E-state index contributed by atoms with van der Waals surface area (Å²) < 4.78 is 18.4. The van der Waals surface area contributed by atoms with Gasteiger partial charge in [0, 0.05) is 25.3 Å². The maximum absolute atomic E-state index is 13.0. The molecule has 0 radical (unpaired) electrons. The Bertz CT molecular complexity index is 438. The highest BCUT2D eigenvalue weighted by Crippen LogP contribution is 2.16. The number of nitrogens with two attached hydrogens (primary N) is 1. The summed E-state index contributed by atoms with van der Waals surface area (Å²) in [4.78, 5) is 11.7. The summed E-state index contributed by atoms with van der Waals surface area (Å²) in [6.45, 7) is 3.52. The Hall–Kier alpha value is -1.62. The Morgan fingerprint density at radius 2 is 2.00 bits per heavy atom. The van der Waals surface area contributed by atoms with Crippen molar-refractivity contribution in [2.24, 2.45) is 0 Å². The summed E-state index contributed by atoms with van der Waals surface area (Å²) in [5, 5.41) is 2.69. The lowest BCUT2D eigenvalue weighted by Crippen LogP contribution is -2.12. The lowest BCUT2D eigenvalue weighted by Gasteiger charge is -2.07. The Kier molecular flexibility index (Phi) is 8.43. The quantitative estimate of drug-likeness (QED) is 0.511. The van der Waals surface area contributed by atoms with E-state index in [0.29, 0.717) is 25.1 Å². The average Bonchev–Trinajstić information content (AvgIpc) is 2.46. The SMILES string of the molecule is CCCCCCOCCCC(=O)Nc1ccc(F)c(N)c1. The highest BCUT2D eigenvalue weighted by Gasteiger charge is 2.04. The van der Waals surface area contributed by atoms with E-state index >= 15 is 0 Å². The van der Waals surface area contributed by atoms with Crippen LogP contribution in [0.5, 0.6) is 0 Å². The molecule has 5 heteroatoms. The van der Waals surface area contributed by atoms with E-state index in [1.54, 1.807) is 0 Å². The number of benzene rings is 1. The molecule has 3 N–H and O–H groups in total. The second-order valence-electron chi connectivity index (χ2n) is 5.06. The standard InChI is InChI=1S/C16H25FN2O2/c1-2-3-4-5-10-21-11-6-7-16(20)19-13-8-9-14(17)15(18)12-13/h8-9,12H,2-7,10-11,18H2,1H3,(H,19,20). The van der Waals surface area contributed by atoms with Crippen LogP contribution in [0.4, 0.5) is 15.8 Å². The van der Waals surface area contributed by atoms with Crippen molar-refractivity contribution in [3.63, 3.8) is 0 Å². The minimum Gasteiger partial charge on any atom is -0.396 e. The number of halogens is 1. The fourth-order valence-corrected chi connectivity index (χ4v) is 1.91. The summed E-state index contributed by atoms with van der Waals surface area (Å²) in [5.41, 5.74) is 5.98. The third kappa shape index (κ3) is 7.66. The zero-order chi connectivity index (χ0) is 15.5. The van der Waals surface area contributed by atoms with Crippen LogP contribution in [-0.2, 0) is 9.53 Å². The van der Waals surface area contributed by atoms with E-state index in [0.717, 1.165) is 13.0 Å². The molecule has 0 saturated heterocycles. The molecule has 0 aliphatic rings. The van der Waals surface area contributed by atoms with E-state index in [-0.39, 0.29) is 11.6 Å². The predicted molar refractivity (Wildman–Crippen MR) is 83.6 cm³/mol. The molecule has 0 heterocycles. The summed E-state index contributed by atoms with van der Waals surface area (Å²) >= 11 is 0. The molecule has 1 amide bonds. The van der Waals surface area contributed by atoms with Crippen LogP contribution in [0.2, 0.25) is 0 Å². The Balaban J connectivity index is 2.10. The van der Waals surface area contributed by atoms with Crippen LogP contribution >= 0.6 is 0 Å². The lowest BCUT2D eigenvalue weighted by molar-refractivity contribution is -0.116. The number of anilines is 2. The van der Waals surface area contributed by atoms with E-state index in [2.05, 4.69) is 12.2 Å². The molecule has 0 saturated carbocycles. The topological polar surface area (TPSA) is 64.3 Å². The largest absolute Gasteiger partial charge is 0.396 e. The van der Waals surface area contributed by atoms with Crippen molar-refractivity contribution in [1.82, 2.24) is 0 Å². The van der Waals surface area contributed by atoms with Gasteiger partial charge in [-0.25, -0.2) is 4.39 Å². The van der Waals surface area contributed by atoms with Crippen molar-refractivity contribution in [3.05, 3.63) is 24.0 Å². The van der Waals surface area contributed by atoms with Gasteiger partial charge in [-0.15, -0.1) is 0 Å². The van der Waals surface area contributed by atoms with E-state index in [1.807, 2.05) is 0 Å². The molecule has 0 unspecified atom stereocenters. The maximum Gasteiger partial charge on any atom is 0.224 e. The molecule has 0 fully saturated rings. The van der Waals surface area contributed by atoms with Gasteiger partial charge in [0.25, 0.3) is 0 Å². The minimum atomic E-state index is -0.482. The number of carbonyl (C=O) groups excluding carboxylic acids is 1. The van der Waals surface area contributed by atoms with E-state index in [9.17, 15) is 9.18 Å². The molecule has 4 nitrogen and oxygen atoms in total. The van der Waals surface area contributed by atoms with Crippen molar-refractivity contribution in [2.75, 3.05) is 24.3 Å². The van der Waals surface area contributed by atoms with E-state index in [4.69, 9.17) is 10.5 Å². The third-order valence-electron chi connectivity index (χ3n) is 3.11. The fraction of sp³-hybridized carbons (Fsp3) is 0.562. The number of hydrogen-bond donors (Lipinski definition) is 2. The summed E-state index contributed by atoms with van der Waals surface area (Å²) in [6.07, 6.45) is 5.79. The first-order chi connectivity index (χ1) is 10.1. The Morgan fingerprint density at radius 1 is 1.24 bits per heavy atom. The molecule has 1 aromatic rings. The van der Waals surface area contributed by atoms with Gasteiger partial charge < -0.3 is 15.8 Å². The van der Waals surface area contributed by atoms with E-state index < -0.39 is 5.82 Å². The molecule has 0 atom stereocenters. The van der Waals surface area contributed by atoms with Crippen LogP contribution < -0.4 is 11.1 Å². The van der Waals surface area contributed by atoms with Crippen molar-refractivity contribution in [1.29, 1.82) is 0 Å². The van der Waals surface area contributed by atoms with Crippen LogP contribution in [0.1, 0.15) is 45.4 Å². The molecule has 0 aromatic heterocycles. The lowest BCUT2D eigenvalue weighted by atomic mass is 10.2. The average molecular weight is 296 g/mol. The zero-order valence-electron chi connectivity index (χ0n) is 12.7. The number of carbonyl (C=O) groups is 1. The fourth-order valence-electron chi connectivity index (χ4n) is 1.91. The van der Waals surface area contributed by atoms with Crippen LogP contribution in [0.25, 0.3) is 0 Å². The summed E-state index contributed by atoms with van der Waals surface area (Å²) in [7, 11) is 0. The molecule has 21 heavy (non-hydrogen) atoms. The maximum atomic E-state index is 13.0. The van der Waals surface area contributed by atoms with Gasteiger partial charge in [-0.2, -0.15) is 0 Å². The monoisotopic (exact) mass is 296 g/mol. The highest BCUT2D eigenvalue weighted by molar-refractivity contribution is 5.91. The van der Waals surface area contributed by atoms with Gasteiger partial charge in [-0.3, -0.25) is 4.79 Å². The van der Waals surface area contributed by atoms with Crippen LogP contribution in [0.15, 0.2) is 18.2 Å². The first-order valence-corrected chi connectivity index (χ1v) is 7.56. The number of unbranched alkanes of at least 4 members (excludes halogenated alkanes) is 3. The minimum absolute atomic E-state index is 0.0308. The summed E-state index contributed by atoms with van der Waals surface area (Å²) in [6, 6.07) is 4.15. The van der Waals surface area contributed by atoms with Gasteiger partial charge in [-0.1, -0.05) is 26.2 Å². The molecule has 1 aromatic carbocycles. The molecule has 0 aliphatic heterocycles. The zero-order valence-corrected chi connectivity index (χ0v) is 12.7. The smallest absolute Gasteiger partial charge is 0.224 e. The number of nitrogens with one attached hydrogen (secondary N) is 1. The second-order valence-corrected chi connectivity index (χ2v) is 5.06. The third-order valence-corrected chi connectivity index (χ3v) is 3.11. The number of rotatable bonds is 10. The number of ether oxygens (including phenoxy) is 1. The van der Waals surface area contributed by atoms with Gasteiger partial charge in [0.05, 0.1) is 5.69 Å². The Labute approximate surface area is 125 Å². The van der Waals surface area contributed by atoms with Crippen LogP contribution in [-0.4, -0.2) is 19.1 Å². The molecule has 1 rings (SSSR count). The van der Waals surface area contributed by atoms with Gasteiger partial charge in [0.2, 0.25) is 5.91 Å². The van der Waals surface area contributed by atoms with Gasteiger partial charge in [0.1, 0.15) is 5.82 Å². The van der Waals surface area contributed by atoms with Crippen molar-refractivity contribution < 1.29 is 13.9 Å². The number of nitrogen functional groups attached to an aromatic ring is 1. The molecule has 0 aliphatic carbocycles. The normalized spacial score (nSPS) is 10.6. The summed E-state index contributed by atoms with van der Waals surface area (Å²) in [5.74, 6) is -0.597.